The molecule has 0 aliphatic rings. The smallest absolute Gasteiger partial charge is 0.248 e. The number of carbonyl (C=O) groups is 1. The van der Waals surface area contributed by atoms with E-state index in [9.17, 15) is 13.6 Å². The van der Waals surface area contributed by atoms with Gasteiger partial charge in [0.1, 0.15) is 5.75 Å². The lowest BCUT2D eigenvalue weighted by Crippen LogP contribution is -2.20. The van der Waals surface area contributed by atoms with Crippen LogP contribution in [-0.4, -0.2) is 24.4 Å². The molecule has 0 radical (unpaired) electrons. The minimum absolute atomic E-state index is 0.243. The molecule has 0 fully saturated rings. The van der Waals surface area contributed by atoms with E-state index in [-0.39, 0.29) is 5.56 Å². The Kier molecular flexibility index (Phi) is 6.69. The van der Waals surface area contributed by atoms with Crippen LogP contribution in [0.3, 0.4) is 0 Å². The molecule has 0 bridgehead atoms. The molecule has 0 spiro atoms. The summed E-state index contributed by atoms with van der Waals surface area (Å²) < 4.78 is 33.3. The van der Waals surface area contributed by atoms with Gasteiger partial charge >= 0.3 is 0 Å². The summed E-state index contributed by atoms with van der Waals surface area (Å²) in [4.78, 5) is 13.2. The minimum atomic E-state index is -0.976. The van der Waals surface area contributed by atoms with E-state index in [0.29, 0.717) is 11.7 Å². The van der Waals surface area contributed by atoms with Crippen LogP contribution >= 0.6 is 0 Å². The number of halogens is 2. The average Bonchev–Trinajstić information content (AvgIpc) is 2.57. The number of nitrogens with zero attached hydrogens (tertiary/aromatic N) is 1. The van der Waals surface area contributed by atoms with Crippen LogP contribution < -0.4 is 10.5 Å². The lowest BCUT2D eigenvalue weighted by molar-refractivity contribution is 0.0999. The van der Waals surface area contributed by atoms with Crippen LogP contribution in [0.1, 0.15) is 36.2 Å². The molecular formula is C20H24F2N2O2. The van der Waals surface area contributed by atoms with Crippen molar-refractivity contribution in [3.8, 4) is 11.5 Å². The van der Waals surface area contributed by atoms with Gasteiger partial charge in [-0.15, -0.1) is 0 Å². The molecule has 0 saturated carbocycles. The summed E-state index contributed by atoms with van der Waals surface area (Å²) in [5.74, 6) is -2.45. The monoisotopic (exact) mass is 362 g/mol. The number of carbonyl (C=O) groups excluding carboxylic acids is 1. The quantitative estimate of drug-likeness (QED) is 0.760. The summed E-state index contributed by atoms with van der Waals surface area (Å²) in [7, 11) is 2.05. The molecule has 4 nitrogen and oxygen atoms in total. The van der Waals surface area contributed by atoms with Crippen molar-refractivity contribution < 1.29 is 18.3 Å². The molecule has 6 heteroatoms. The molecule has 0 unspecified atom stereocenters. The Labute approximate surface area is 152 Å². The van der Waals surface area contributed by atoms with Gasteiger partial charge in [0.05, 0.1) is 0 Å². The average molecular weight is 362 g/mol. The summed E-state index contributed by atoms with van der Waals surface area (Å²) in [6.07, 6.45) is 1.12. The van der Waals surface area contributed by atoms with Crippen LogP contribution in [-0.2, 0) is 6.54 Å². The number of ether oxygens (including phenoxy) is 1. The highest BCUT2D eigenvalue weighted by Crippen LogP contribution is 2.29. The number of hydrogen-bond acceptors (Lipinski definition) is 3. The van der Waals surface area contributed by atoms with E-state index in [4.69, 9.17) is 10.5 Å². The van der Waals surface area contributed by atoms with Crippen LogP contribution in [0.5, 0.6) is 11.5 Å². The van der Waals surface area contributed by atoms with Crippen molar-refractivity contribution in [2.24, 2.45) is 11.7 Å². The van der Waals surface area contributed by atoms with Gasteiger partial charge in [0, 0.05) is 12.1 Å². The van der Waals surface area contributed by atoms with Crippen LogP contribution in [0.25, 0.3) is 0 Å². The van der Waals surface area contributed by atoms with Gasteiger partial charge in [-0.05, 0) is 55.8 Å². The standard InChI is InChI=1S/C20H24F2N2O2/c1-13(2)8-9-24(3)12-14-4-6-16(7-5-14)26-19-17(21)10-15(20(23)25)11-18(19)22/h4-7,10-11,13H,8-9,12H2,1-3H3,(H2,23,25). The maximum Gasteiger partial charge on any atom is 0.248 e. The highest BCUT2D eigenvalue weighted by molar-refractivity contribution is 5.92. The number of amides is 1. The van der Waals surface area contributed by atoms with Crippen molar-refractivity contribution in [2.75, 3.05) is 13.6 Å². The molecular weight excluding hydrogens is 338 g/mol. The Morgan fingerprint density at radius 2 is 1.73 bits per heavy atom. The normalized spacial score (nSPS) is 11.2. The third kappa shape index (κ3) is 5.52. The fourth-order valence-electron chi connectivity index (χ4n) is 2.45. The Balaban J connectivity index is 2.04. The van der Waals surface area contributed by atoms with Crippen molar-refractivity contribution in [1.29, 1.82) is 0 Å². The molecule has 2 rings (SSSR count). The maximum atomic E-state index is 14.0. The van der Waals surface area contributed by atoms with Crippen molar-refractivity contribution in [3.63, 3.8) is 0 Å². The van der Waals surface area contributed by atoms with Gasteiger partial charge in [-0.1, -0.05) is 26.0 Å². The molecule has 1 amide bonds. The molecule has 26 heavy (non-hydrogen) atoms. The molecule has 0 aliphatic carbocycles. The molecule has 0 saturated heterocycles. The molecule has 0 aliphatic heterocycles. The van der Waals surface area contributed by atoms with E-state index >= 15 is 0 Å². The third-order valence-electron chi connectivity index (χ3n) is 3.97. The lowest BCUT2D eigenvalue weighted by atomic mass is 10.1. The topological polar surface area (TPSA) is 55.6 Å². The number of hydrogen-bond donors (Lipinski definition) is 1. The number of primary amides is 1. The van der Waals surface area contributed by atoms with E-state index < -0.39 is 23.3 Å². The molecule has 2 N–H and O–H groups in total. The van der Waals surface area contributed by atoms with Crippen molar-refractivity contribution in [1.82, 2.24) is 4.90 Å². The van der Waals surface area contributed by atoms with Gasteiger partial charge in [-0.3, -0.25) is 4.79 Å². The molecule has 0 aromatic heterocycles. The first-order valence-corrected chi connectivity index (χ1v) is 8.50. The van der Waals surface area contributed by atoms with Crippen LogP contribution in [0.2, 0.25) is 0 Å². The number of nitrogens with two attached hydrogens (primary N) is 1. The lowest BCUT2D eigenvalue weighted by Gasteiger charge is -2.18. The Hall–Kier alpha value is -2.47. The predicted molar refractivity (Wildman–Crippen MR) is 97.2 cm³/mol. The van der Waals surface area contributed by atoms with E-state index in [1.54, 1.807) is 12.1 Å². The van der Waals surface area contributed by atoms with E-state index in [1.807, 2.05) is 12.1 Å². The van der Waals surface area contributed by atoms with Crippen LogP contribution in [0.15, 0.2) is 36.4 Å². The summed E-state index contributed by atoms with van der Waals surface area (Å²) in [6.45, 7) is 6.16. The fourth-order valence-corrected chi connectivity index (χ4v) is 2.45. The second-order valence-electron chi connectivity index (χ2n) is 6.80. The maximum absolute atomic E-state index is 14.0. The molecule has 0 atom stereocenters. The number of rotatable bonds is 8. The van der Waals surface area contributed by atoms with E-state index in [2.05, 4.69) is 25.8 Å². The Bertz CT molecular complexity index is 738. The van der Waals surface area contributed by atoms with E-state index in [0.717, 1.165) is 37.2 Å². The highest BCUT2D eigenvalue weighted by Gasteiger charge is 2.16. The first-order valence-electron chi connectivity index (χ1n) is 8.50. The third-order valence-corrected chi connectivity index (χ3v) is 3.97. The largest absolute Gasteiger partial charge is 0.451 e. The minimum Gasteiger partial charge on any atom is -0.451 e. The van der Waals surface area contributed by atoms with Crippen molar-refractivity contribution >= 4 is 5.91 Å². The first-order chi connectivity index (χ1) is 12.3. The molecule has 2 aromatic carbocycles. The Morgan fingerprint density at radius 3 is 2.23 bits per heavy atom. The zero-order valence-corrected chi connectivity index (χ0v) is 15.3. The SMILES string of the molecule is CC(C)CCN(C)Cc1ccc(Oc2c(F)cc(C(N)=O)cc2F)cc1. The van der Waals surface area contributed by atoms with Crippen molar-refractivity contribution in [3.05, 3.63) is 59.2 Å². The summed E-state index contributed by atoms with van der Waals surface area (Å²) in [5, 5.41) is 0. The van der Waals surface area contributed by atoms with Gasteiger partial charge in [-0.2, -0.15) is 0 Å². The van der Waals surface area contributed by atoms with Gasteiger partial charge in [-0.25, -0.2) is 8.78 Å². The van der Waals surface area contributed by atoms with Crippen LogP contribution in [0.4, 0.5) is 8.78 Å². The summed E-state index contributed by atoms with van der Waals surface area (Å²) in [5.41, 5.74) is 5.87. The summed E-state index contributed by atoms with van der Waals surface area (Å²) in [6, 6.07) is 8.75. The second kappa shape index (κ2) is 8.76. The van der Waals surface area contributed by atoms with E-state index in [1.165, 1.54) is 0 Å². The van der Waals surface area contributed by atoms with Gasteiger partial charge < -0.3 is 15.4 Å². The summed E-state index contributed by atoms with van der Waals surface area (Å²) >= 11 is 0. The fraction of sp³-hybridized carbons (Fsp3) is 0.350. The zero-order valence-electron chi connectivity index (χ0n) is 15.3. The Morgan fingerprint density at radius 1 is 1.15 bits per heavy atom. The highest BCUT2D eigenvalue weighted by atomic mass is 19.1. The zero-order chi connectivity index (χ0) is 19.3. The second-order valence-corrected chi connectivity index (χ2v) is 6.80. The molecule has 140 valence electrons. The first kappa shape index (κ1) is 19.8. The van der Waals surface area contributed by atoms with Gasteiger partial charge in [0.15, 0.2) is 17.4 Å². The van der Waals surface area contributed by atoms with Crippen molar-refractivity contribution in [2.45, 2.75) is 26.8 Å². The number of benzene rings is 2. The molecule has 2 aromatic rings. The van der Waals surface area contributed by atoms with Gasteiger partial charge in [0.2, 0.25) is 5.91 Å². The van der Waals surface area contributed by atoms with Gasteiger partial charge in [0.25, 0.3) is 0 Å². The van der Waals surface area contributed by atoms with Crippen LogP contribution in [0, 0.1) is 17.6 Å². The molecule has 0 heterocycles. The predicted octanol–water partition coefficient (Wildman–Crippen LogP) is 4.33.